The van der Waals surface area contributed by atoms with E-state index in [2.05, 4.69) is 24.1 Å². The first-order chi connectivity index (χ1) is 8.66. The number of nitrogens with zero attached hydrogens (tertiary/aromatic N) is 1. The molecule has 3 nitrogen and oxygen atoms in total. The van der Waals surface area contributed by atoms with Crippen molar-refractivity contribution in [1.82, 2.24) is 4.90 Å². The number of benzene rings is 2. The molecule has 4 N–H and O–H groups in total. The predicted octanol–water partition coefficient (Wildman–Crippen LogP) is 2.48. The molecular weight excluding hydrogens is 222 g/mol. The second kappa shape index (κ2) is 5.56. The van der Waals surface area contributed by atoms with E-state index in [1.165, 1.54) is 0 Å². The van der Waals surface area contributed by atoms with Crippen LogP contribution in [0.15, 0.2) is 48.5 Å². The van der Waals surface area contributed by atoms with Crippen molar-refractivity contribution in [2.24, 2.45) is 0 Å². The number of nitrogen functional groups attached to an aromatic ring is 2. The van der Waals surface area contributed by atoms with Gasteiger partial charge in [0.2, 0.25) is 0 Å². The minimum Gasteiger partial charge on any atom is -0.398 e. The van der Waals surface area contributed by atoms with Gasteiger partial charge >= 0.3 is 0 Å². The molecule has 2 rings (SSSR count). The summed E-state index contributed by atoms with van der Waals surface area (Å²) in [4.78, 5) is 2.21. The van der Waals surface area contributed by atoms with E-state index >= 15 is 0 Å². The first kappa shape index (κ1) is 12.5. The molecule has 3 heteroatoms. The SMILES string of the molecule is CN(Cc1ccccc1N)Cc1ccccc1N. The van der Waals surface area contributed by atoms with Gasteiger partial charge < -0.3 is 11.5 Å². The van der Waals surface area contributed by atoms with Gasteiger partial charge in [-0.3, -0.25) is 4.90 Å². The van der Waals surface area contributed by atoms with Gasteiger partial charge in [0.25, 0.3) is 0 Å². The largest absolute Gasteiger partial charge is 0.398 e. The Hall–Kier alpha value is -2.00. The molecule has 0 spiro atoms. The lowest BCUT2D eigenvalue weighted by atomic mass is 10.1. The second-order valence-corrected chi connectivity index (χ2v) is 4.57. The molecule has 0 bridgehead atoms. The van der Waals surface area contributed by atoms with Crippen LogP contribution in [0.4, 0.5) is 11.4 Å². The number of para-hydroxylation sites is 2. The van der Waals surface area contributed by atoms with E-state index in [9.17, 15) is 0 Å². The minimum atomic E-state index is 0.820. The van der Waals surface area contributed by atoms with Crippen molar-refractivity contribution in [3.63, 3.8) is 0 Å². The Morgan fingerprint density at radius 2 is 1.17 bits per heavy atom. The molecule has 2 aromatic carbocycles. The zero-order valence-corrected chi connectivity index (χ0v) is 10.6. The van der Waals surface area contributed by atoms with Crippen LogP contribution in [0.1, 0.15) is 11.1 Å². The normalized spacial score (nSPS) is 10.8. The van der Waals surface area contributed by atoms with Crippen molar-refractivity contribution >= 4 is 11.4 Å². The fourth-order valence-electron chi connectivity index (χ4n) is 1.99. The molecule has 2 aromatic rings. The van der Waals surface area contributed by atoms with Crippen LogP contribution >= 0.6 is 0 Å². The van der Waals surface area contributed by atoms with Crippen molar-refractivity contribution in [1.29, 1.82) is 0 Å². The standard InChI is InChI=1S/C15H19N3/c1-18(10-12-6-2-4-8-14(12)16)11-13-7-3-5-9-15(13)17/h2-9H,10-11,16-17H2,1H3. The van der Waals surface area contributed by atoms with Crippen molar-refractivity contribution < 1.29 is 0 Å². The van der Waals surface area contributed by atoms with Crippen LogP contribution in [-0.2, 0) is 13.1 Å². The Kier molecular flexibility index (Phi) is 3.85. The lowest BCUT2D eigenvalue weighted by Crippen LogP contribution is -2.18. The van der Waals surface area contributed by atoms with Crippen LogP contribution in [0.5, 0.6) is 0 Å². The number of nitrogens with two attached hydrogens (primary N) is 2. The molecule has 0 heterocycles. The third kappa shape index (κ3) is 3.02. The third-order valence-electron chi connectivity index (χ3n) is 2.99. The monoisotopic (exact) mass is 241 g/mol. The highest BCUT2D eigenvalue weighted by Crippen LogP contribution is 2.16. The van der Waals surface area contributed by atoms with Crippen molar-refractivity contribution in [2.75, 3.05) is 18.5 Å². The second-order valence-electron chi connectivity index (χ2n) is 4.57. The van der Waals surface area contributed by atoms with Crippen LogP contribution in [0.3, 0.4) is 0 Å². The third-order valence-corrected chi connectivity index (χ3v) is 2.99. The van der Waals surface area contributed by atoms with Gasteiger partial charge in [-0.1, -0.05) is 36.4 Å². The highest BCUT2D eigenvalue weighted by Gasteiger charge is 2.05. The van der Waals surface area contributed by atoms with Gasteiger partial charge in [-0.05, 0) is 30.3 Å². The van der Waals surface area contributed by atoms with E-state index in [0.29, 0.717) is 0 Å². The minimum absolute atomic E-state index is 0.820. The van der Waals surface area contributed by atoms with Crippen molar-refractivity contribution in [3.05, 3.63) is 59.7 Å². The highest BCUT2D eigenvalue weighted by molar-refractivity contribution is 5.47. The van der Waals surface area contributed by atoms with Gasteiger partial charge in [0.15, 0.2) is 0 Å². The van der Waals surface area contributed by atoms with Crippen LogP contribution in [0.2, 0.25) is 0 Å². The molecule has 0 atom stereocenters. The Morgan fingerprint density at radius 1 is 0.778 bits per heavy atom. The number of hydrogen-bond acceptors (Lipinski definition) is 3. The van der Waals surface area contributed by atoms with Gasteiger partial charge in [0.05, 0.1) is 0 Å². The predicted molar refractivity (Wildman–Crippen MR) is 76.9 cm³/mol. The Bertz CT molecular complexity index is 475. The van der Waals surface area contributed by atoms with Crippen LogP contribution < -0.4 is 11.5 Å². The maximum absolute atomic E-state index is 5.94. The van der Waals surface area contributed by atoms with Gasteiger partial charge in [0, 0.05) is 24.5 Å². The maximum atomic E-state index is 5.94. The molecule has 0 unspecified atom stereocenters. The number of anilines is 2. The molecule has 0 radical (unpaired) electrons. The van der Waals surface area contributed by atoms with E-state index in [-0.39, 0.29) is 0 Å². The summed E-state index contributed by atoms with van der Waals surface area (Å²) in [5.41, 5.74) is 15.9. The molecule has 0 aliphatic carbocycles. The lowest BCUT2D eigenvalue weighted by molar-refractivity contribution is 0.320. The quantitative estimate of drug-likeness (QED) is 0.809. The first-order valence-corrected chi connectivity index (χ1v) is 6.02. The van der Waals surface area contributed by atoms with E-state index in [1.54, 1.807) is 0 Å². The van der Waals surface area contributed by atoms with Crippen molar-refractivity contribution in [3.8, 4) is 0 Å². The van der Waals surface area contributed by atoms with Gasteiger partial charge in [-0.25, -0.2) is 0 Å². The Balaban J connectivity index is 2.04. The summed E-state index contributed by atoms with van der Waals surface area (Å²) in [5, 5.41) is 0. The summed E-state index contributed by atoms with van der Waals surface area (Å²) in [7, 11) is 2.07. The smallest absolute Gasteiger partial charge is 0.0359 e. The molecule has 0 aromatic heterocycles. The molecule has 94 valence electrons. The summed E-state index contributed by atoms with van der Waals surface area (Å²) in [6, 6.07) is 15.9. The van der Waals surface area contributed by atoms with Gasteiger partial charge in [0.1, 0.15) is 0 Å². The molecule has 0 aliphatic heterocycles. The average molecular weight is 241 g/mol. The summed E-state index contributed by atoms with van der Waals surface area (Å²) in [6.07, 6.45) is 0. The molecule has 0 saturated heterocycles. The summed E-state index contributed by atoms with van der Waals surface area (Å²) in [5.74, 6) is 0. The van der Waals surface area contributed by atoms with E-state index in [4.69, 9.17) is 11.5 Å². The summed E-state index contributed by atoms with van der Waals surface area (Å²) >= 11 is 0. The zero-order valence-electron chi connectivity index (χ0n) is 10.6. The lowest BCUT2D eigenvalue weighted by Gasteiger charge is -2.18. The molecule has 0 saturated carbocycles. The van der Waals surface area contributed by atoms with Crippen LogP contribution in [0, 0.1) is 0 Å². The fraction of sp³-hybridized carbons (Fsp3) is 0.200. The highest BCUT2D eigenvalue weighted by atomic mass is 15.1. The van der Waals surface area contributed by atoms with Crippen LogP contribution in [0.25, 0.3) is 0 Å². The van der Waals surface area contributed by atoms with Crippen LogP contribution in [-0.4, -0.2) is 11.9 Å². The van der Waals surface area contributed by atoms with E-state index in [1.807, 2.05) is 36.4 Å². The first-order valence-electron chi connectivity index (χ1n) is 6.02. The summed E-state index contributed by atoms with van der Waals surface area (Å²) in [6.45, 7) is 1.64. The molecule has 0 amide bonds. The fourth-order valence-corrected chi connectivity index (χ4v) is 1.99. The number of hydrogen-bond donors (Lipinski definition) is 2. The molecule has 18 heavy (non-hydrogen) atoms. The number of rotatable bonds is 4. The molecular formula is C15H19N3. The van der Waals surface area contributed by atoms with Gasteiger partial charge in [-0.15, -0.1) is 0 Å². The summed E-state index contributed by atoms with van der Waals surface area (Å²) < 4.78 is 0. The van der Waals surface area contributed by atoms with E-state index < -0.39 is 0 Å². The molecule has 0 fully saturated rings. The average Bonchev–Trinajstić information content (AvgIpc) is 2.35. The maximum Gasteiger partial charge on any atom is 0.0359 e. The Morgan fingerprint density at radius 3 is 1.56 bits per heavy atom. The van der Waals surface area contributed by atoms with E-state index in [0.717, 1.165) is 35.6 Å². The van der Waals surface area contributed by atoms with Crippen molar-refractivity contribution in [2.45, 2.75) is 13.1 Å². The Labute approximate surface area is 108 Å². The zero-order chi connectivity index (χ0) is 13.0. The topological polar surface area (TPSA) is 55.3 Å². The molecule has 0 aliphatic rings. The van der Waals surface area contributed by atoms with Gasteiger partial charge in [-0.2, -0.15) is 0 Å².